The number of pyridine rings is 1. The van der Waals surface area contributed by atoms with Crippen LogP contribution in [0.25, 0.3) is 0 Å². The van der Waals surface area contributed by atoms with Crippen LogP contribution in [0.5, 0.6) is 0 Å². The second-order valence-corrected chi connectivity index (χ2v) is 8.25. The van der Waals surface area contributed by atoms with Gasteiger partial charge in [0.25, 0.3) is 0 Å². The van der Waals surface area contributed by atoms with Crippen molar-refractivity contribution in [3.8, 4) is 0 Å². The van der Waals surface area contributed by atoms with E-state index in [4.69, 9.17) is 10.7 Å². The molecular formula is C10H10ClIN2O3S. The summed E-state index contributed by atoms with van der Waals surface area (Å²) in [7, 11) is 1.58. The van der Waals surface area contributed by atoms with Gasteiger partial charge in [0.05, 0.1) is 0 Å². The third-order valence-electron chi connectivity index (χ3n) is 2.76. The summed E-state index contributed by atoms with van der Waals surface area (Å²) in [5.74, 6) is 0.240. The summed E-state index contributed by atoms with van der Waals surface area (Å²) < 4.78 is 23.5. The quantitative estimate of drug-likeness (QED) is 0.559. The van der Waals surface area contributed by atoms with Crippen molar-refractivity contribution in [2.45, 2.75) is 18.6 Å². The van der Waals surface area contributed by atoms with Crippen LogP contribution in [0.2, 0.25) is 0 Å². The number of hydrogen-bond donors (Lipinski definition) is 0. The molecule has 1 aliphatic heterocycles. The summed E-state index contributed by atoms with van der Waals surface area (Å²) in [5, 5.41) is -0.854. The van der Waals surface area contributed by atoms with Crippen molar-refractivity contribution >= 4 is 54.0 Å². The molecule has 1 aliphatic rings. The van der Waals surface area contributed by atoms with Gasteiger partial charge in [-0.05, 0) is 41.1 Å². The van der Waals surface area contributed by atoms with E-state index in [1.165, 1.54) is 4.90 Å². The van der Waals surface area contributed by atoms with Gasteiger partial charge in [-0.15, -0.1) is 0 Å². The molecule has 0 spiro atoms. The number of hydrogen-bond acceptors (Lipinski definition) is 4. The fraction of sp³-hybridized carbons (Fsp3) is 0.400. The Bertz CT molecular complexity index is 605. The van der Waals surface area contributed by atoms with E-state index < -0.39 is 14.3 Å². The summed E-state index contributed by atoms with van der Waals surface area (Å²) in [6, 6.07) is 1.89. The van der Waals surface area contributed by atoms with Gasteiger partial charge in [-0.1, -0.05) is 0 Å². The maximum Gasteiger partial charge on any atom is 0.237 e. The molecule has 0 N–H and O–H groups in total. The highest BCUT2D eigenvalue weighted by Crippen LogP contribution is 2.27. The molecule has 18 heavy (non-hydrogen) atoms. The number of rotatable bonds is 2. The Balaban J connectivity index is 2.33. The van der Waals surface area contributed by atoms with Crippen LogP contribution in [-0.4, -0.2) is 31.1 Å². The Hall–Kier alpha value is -0.410. The number of aromatic nitrogens is 1. The first-order chi connectivity index (χ1) is 8.29. The maximum absolute atomic E-state index is 11.8. The lowest BCUT2D eigenvalue weighted by Crippen LogP contribution is -2.28. The van der Waals surface area contributed by atoms with Crippen molar-refractivity contribution < 1.29 is 13.2 Å². The van der Waals surface area contributed by atoms with Crippen molar-refractivity contribution in [1.29, 1.82) is 0 Å². The third kappa shape index (κ3) is 2.77. The molecule has 1 aromatic rings. The number of carbonyl (C=O) groups excluding carboxylic acids is 1. The molecule has 0 aromatic carbocycles. The van der Waals surface area contributed by atoms with Crippen LogP contribution in [0.3, 0.4) is 0 Å². The van der Waals surface area contributed by atoms with Crippen LogP contribution in [0.15, 0.2) is 12.3 Å². The molecule has 0 bridgehead atoms. The molecule has 2 heterocycles. The molecule has 1 fully saturated rings. The zero-order chi connectivity index (χ0) is 13.5. The standard InChI is InChI=1S/C10H10ClIN2O3S/c1-6-2-7(12)4-13-10(6)14-5-8(3-9(14)15)18(11,16)17/h2,4,8H,3,5H2,1H3. The van der Waals surface area contributed by atoms with Crippen LogP contribution >= 0.6 is 33.3 Å². The lowest BCUT2D eigenvalue weighted by atomic mass is 10.3. The van der Waals surface area contributed by atoms with Gasteiger partial charge in [0.2, 0.25) is 15.0 Å². The van der Waals surface area contributed by atoms with Crippen LogP contribution in [0, 0.1) is 10.5 Å². The number of aryl methyl sites for hydroxylation is 1. The fourth-order valence-corrected chi connectivity index (χ4v) is 3.52. The number of amides is 1. The SMILES string of the molecule is Cc1cc(I)cnc1N1CC(S(=O)(=O)Cl)CC1=O. The lowest BCUT2D eigenvalue weighted by molar-refractivity contribution is -0.117. The summed E-state index contributed by atoms with van der Waals surface area (Å²) in [6.07, 6.45) is 1.55. The molecule has 1 saturated heterocycles. The van der Waals surface area contributed by atoms with Crippen molar-refractivity contribution in [3.05, 3.63) is 21.4 Å². The molecular weight excluding hydrogens is 391 g/mol. The first-order valence-corrected chi connectivity index (χ1v) is 8.60. The minimum Gasteiger partial charge on any atom is -0.295 e. The molecule has 1 unspecified atom stereocenters. The summed E-state index contributed by atoms with van der Waals surface area (Å²) in [5.41, 5.74) is 0.836. The van der Waals surface area contributed by atoms with E-state index in [0.29, 0.717) is 5.82 Å². The second-order valence-electron chi connectivity index (χ2n) is 4.10. The van der Waals surface area contributed by atoms with Crippen LogP contribution < -0.4 is 4.90 Å². The Labute approximate surface area is 123 Å². The maximum atomic E-state index is 11.8. The van der Waals surface area contributed by atoms with E-state index in [1.54, 1.807) is 6.20 Å². The van der Waals surface area contributed by atoms with Crippen molar-refractivity contribution in [3.63, 3.8) is 0 Å². The van der Waals surface area contributed by atoms with Gasteiger partial charge in [0.15, 0.2) is 0 Å². The summed E-state index contributed by atoms with van der Waals surface area (Å²) >= 11 is 2.12. The Morgan fingerprint density at radius 3 is 2.72 bits per heavy atom. The van der Waals surface area contributed by atoms with Gasteiger partial charge >= 0.3 is 0 Å². The minimum absolute atomic E-state index is 0.0686. The molecule has 1 atom stereocenters. The normalized spacial score (nSPS) is 20.5. The molecule has 0 aliphatic carbocycles. The molecule has 1 aromatic heterocycles. The first-order valence-electron chi connectivity index (χ1n) is 5.15. The van der Waals surface area contributed by atoms with Gasteiger partial charge < -0.3 is 0 Å². The van der Waals surface area contributed by atoms with E-state index in [1.807, 2.05) is 13.0 Å². The largest absolute Gasteiger partial charge is 0.295 e. The number of halogens is 2. The highest BCUT2D eigenvalue weighted by atomic mass is 127. The van der Waals surface area contributed by atoms with Crippen LogP contribution in [0.1, 0.15) is 12.0 Å². The number of nitrogens with zero attached hydrogens (tertiary/aromatic N) is 2. The lowest BCUT2D eigenvalue weighted by Gasteiger charge is -2.17. The third-order valence-corrected chi connectivity index (χ3v) is 5.22. The molecule has 5 nitrogen and oxygen atoms in total. The van der Waals surface area contributed by atoms with Gasteiger partial charge in [0.1, 0.15) is 11.1 Å². The molecule has 8 heteroatoms. The Morgan fingerprint density at radius 2 is 2.22 bits per heavy atom. The monoisotopic (exact) mass is 400 g/mol. The summed E-state index contributed by atoms with van der Waals surface area (Å²) in [6.45, 7) is 1.90. The molecule has 0 saturated carbocycles. The smallest absolute Gasteiger partial charge is 0.237 e. The molecule has 2 rings (SSSR count). The van der Waals surface area contributed by atoms with E-state index in [-0.39, 0.29) is 18.9 Å². The topological polar surface area (TPSA) is 67.3 Å². The van der Waals surface area contributed by atoms with E-state index in [9.17, 15) is 13.2 Å². The predicted molar refractivity (Wildman–Crippen MR) is 77.2 cm³/mol. The predicted octanol–water partition coefficient (Wildman–Crippen LogP) is 1.67. The average molecular weight is 401 g/mol. The van der Waals surface area contributed by atoms with Gasteiger partial charge in [-0.25, -0.2) is 13.4 Å². The summed E-state index contributed by atoms with van der Waals surface area (Å²) in [4.78, 5) is 17.4. The van der Waals surface area contributed by atoms with Crippen LogP contribution in [-0.2, 0) is 13.8 Å². The number of carbonyl (C=O) groups is 1. The average Bonchev–Trinajstić information content (AvgIpc) is 2.60. The van der Waals surface area contributed by atoms with Gasteiger partial charge in [-0.3, -0.25) is 9.69 Å². The minimum atomic E-state index is -3.72. The second kappa shape index (κ2) is 4.93. The molecule has 1 amide bonds. The highest BCUT2D eigenvalue weighted by Gasteiger charge is 2.38. The van der Waals surface area contributed by atoms with Gasteiger partial charge in [0, 0.05) is 33.4 Å². The van der Waals surface area contributed by atoms with Crippen molar-refractivity contribution in [2.24, 2.45) is 0 Å². The van der Waals surface area contributed by atoms with Crippen molar-refractivity contribution in [1.82, 2.24) is 4.98 Å². The fourth-order valence-electron chi connectivity index (χ4n) is 1.88. The van der Waals surface area contributed by atoms with Crippen molar-refractivity contribution in [2.75, 3.05) is 11.4 Å². The van der Waals surface area contributed by atoms with Gasteiger partial charge in [-0.2, -0.15) is 0 Å². The first kappa shape index (κ1) is 14.0. The molecule has 98 valence electrons. The Morgan fingerprint density at radius 1 is 1.56 bits per heavy atom. The number of anilines is 1. The van der Waals surface area contributed by atoms with E-state index in [2.05, 4.69) is 27.6 Å². The molecule has 0 radical (unpaired) electrons. The highest BCUT2D eigenvalue weighted by molar-refractivity contribution is 14.1. The van der Waals surface area contributed by atoms with E-state index in [0.717, 1.165) is 9.13 Å². The van der Waals surface area contributed by atoms with Crippen LogP contribution in [0.4, 0.5) is 5.82 Å². The van der Waals surface area contributed by atoms with E-state index >= 15 is 0 Å². The Kier molecular flexibility index (Phi) is 3.84. The zero-order valence-corrected chi connectivity index (χ0v) is 13.2. The zero-order valence-electron chi connectivity index (χ0n) is 9.43.